The van der Waals surface area contributed by atoms with Crippen LogP contribution in [0, 0.1) is 11.7 Å². The van der Waals surface area contributed by atoms with Gasteiger partial charge in [0.05, 0.1) is 12.2 Å². The number of aromatic hydroxyl groups is 1. The Balaban J connectivity index is 1.30. The lowest BCUT2D eigenvalue weighted by Gasteiger charge is -2.37. The molecule has 0 amide bonds. The largest absolute Gasteiger partial charge is 0.508 e. The van der Waals surface area contributed by atoms with Gasteiger partial charge in [-0.25, -0.2) is 4.39 Å². The Labute approximate surface area is 201 Å². The van der Waals surface area contributed by atoms with E-state index in [9.17, 15) is 13.9 Å². The molecule has 0 radical (unpaired) electrons. The molecule has 5 nitrogen and oxygen atoms in total. The first-order valence-electron chi connectivity index (χ1n) is 11.7. The third-order valence-electron chi connectivity index (χ3n) is 6.75. The predicted molar refractivity (Wildman–Crippen MR) is 129 cm³/mol. The fourth-order valence-corrected chi connectivity index (χ4v) is 4.93. The van der Waals surface area contributed by atoms with Crippen molar-refractivity contribution in [2.75, 3.05) is 32.9 Å². The molecule has 3 aromatic carbocycles. The molecule has 0 unspecified atom stereocenters. The van der Waals surface area contributed by atoms with Crippen LogP contribution in [0.2, 0.25) is 0 Å². The molecule has 1 N–H and O–H groups in total. The number of phenols is 1. The van der Waals surface area contributed by atoms with Crippen molar-refractivity contribution in [1.29, 1.82) is 0 Å². The van der Waals surface area contributed by atoms with E-state index in [2.05, 4.69) is 9.88 Å². The van der Waals surface area contributed by atoms with Crippen molar-refractivity contribution in [1.82, 2.24) is 9.88 Å². The van der Waals surface area contributed by atoms with Crippen LogP contribution in [-0.2, 0) is 0 Å². The summed E-state index contributed by atoms with van der Waals surface area (Å²) in [5, 5.41) is 10.8. The molecule has 6 rings (SSSR count). The first-order valence-corrected chi connectivity index (χ1v) is 11.7. The van der Waals surface area contributed by atoms with Gasteiger partial charge in [-0.05, 0) is 42.0 Å². The molecule has 0 saturated carbocycles. The van der Waals surface area contributed by atoms with Crippen LogP contribution < -0.4 is 9.47 Å². The first-order chi connectivity index (χ1) is 17.1. The zero-order chi connectivity index (χ0) is 23.9. The van der Waals surface area contributed by atoms with E-state index in [1.54, 1.807) is 24.4 Å². The summed E-state index contributed by atoms with van der Waals surface area (Å²) in [6, 6.07) is 17.3. The van der Waals surface area contributed by atoms with Gasteiger partial charge in [0, 0.05) is 66.0 Å². The quantitative estimate of drug-likeness (QED) is 0.400. The van der Waals surface area contributed by atoms with Crippen LogP contribution in [0.1, 0.15) is 17.2 Å². The van der Waals surface area contributed by atoms with E-state index in [1.807, 2.05) is 30.3 Å². The summed E-state index contributed by atoms with van der Waals surface area (Å²) in [5.41, 5.74) is 4.12. The molecule has 2 aliphatic heterocycles. The minimum absolute atomic E-state index is 0.139. The van der Waals surface area contributed by atoms with Crippen LogP contribution in [0.5, 0.6) is 17.2 Å². The standard InChI is InChI=1S/C28H24F2N2O3/c29-13-17-15-32(16-17)9-10-34-21-5-1-18(2-6-21)28-27-23-8-4-20(33)12-25(23)31-14-24(27)22-7-3-19(30)11-26(22)35-28/h1-8,11-12,14,17,28,33H,9-10,13,15-16H2/t28-/m0/s1. The van der Waals surface area contributed by atoms with Crippen molar-refractivity contribution in [3.05, 3.63) is 83.8 Å². The van der Waals surface area contributed by atoms with Gasteiger partial charge in [0.15, 0.2) is 6.10 Å². The lowest BCUT2D eigenvalue weighted by atomic mass is 9.88. The molecule has 4 aromatic rings. The highest BCUT2D eigenvalue weighted by molar-refractivity contribution is 5.92. The van der Waals surface area contributed by atoms with E-state index in [0.717, 1.165) is 53.0 Å². The molecular formula is C28H24F2N2O3. The summed E-state index contributed by atoms with van der Waals surface area (Å²) in [6.07, 6.45) is 1.27. The van der Waals surface area contributed by atoms with Crippen molar-refractivity contribution < 1.29 is 23.4 Å². The summed E-state index contributed by atoms with van der Waals surface area (Å²) < 4.78 is 38.9. The third-order valence-corrected chi connectivity index (χ3v) is 6.75. The van der Waals surface area contributed by atoms with Gasteiger partial charge in [-0.1, -0.05) is 12.1 Å². The summed E-state index contributed by atoms with van der Waals surface area (Å²) in [6.45, 7) is 2.63. The molecule has 0 spiro atoms. The average Bonchev–Trinajstić information content (AvgIpc) is 2.84. The van der Waals surface area contributed by atoms with Gasteiger partial charge in [0.25, 0.3) is 0 Å². The fraction of sp³-hybridized carbons (Fsp3) is 0.250. The zero-order valence-corrected chi connectivity index (χ0v) is 19.0. The maximum atomic E-state index is 14.0. The predicted octanol–water partition coefficient (Wildman–Crippen LogP) is 5.51. The van der Waals surface area contributed by atoms with Gasteiger partial charge in [-0.2, -0.15) is 0 Å². The fourth-order valence-electron chi connectivity index (χ4n) is 4.93. The molecule has 1 atom stereocenters. The highest BCUT2D eigenvalue weighted by Gasteiger charge is 2.30. The normalized spacial score (nSPS) is 17.4. The van der Waals surface area contributed by atoms with E-state index in [1.165, 1.54) is 12.1 Å². The van der Waals surface area contributed by atoms with Crippen molar-refractivity contribution in [2.24, 2.45) is 5.92 Å². The molecule has 35 heavy (non-hydrogen) atoms. The van der Waals surface area contributed by atoms with Gasteiger partial charge in [0.1, 0.15) is 29.7 Å². The lowest BCUT2D eigenvalue weighted by Crippen LogP contribution is -2.49. The summed E-state index contributed by atoms with van der Waals surface area (Å²) in [4.78, 5) is 6.71. The molecule has 1 fully saturated rings. The number of halogens is 2. The van der Waals surface area contributed by atoms with E-state index in [0.29, 0.717) is 17.9 Å². The Kier molecular flexibility index (Phi) is 5.49. The van der Waals surface area contributed by atoms with Crippen LogP contribution in [-0.4, -0.2) is 47.9 Å². The van der Waals surface area contributed by atoms with Gasteiger partial charge >= 0.3 is 0 Å². The van der Waals surface area contributed by atoms with Crippen LogP contribution in [0.4, 0.5) is 8.78 Å². The molecule has 0 bridgehead atoms. The molecule has 7 heteroatoms. The van der Waals surface area contributed by atoms with Gasteiger partial charge in [-0.3, -0.25) is 14.3 Å². The van der Waals surface area contributed by atoms with E-state index >= 15 is 0 Å². The number of fused-ring (bicyclic) bond motifs is 5. The molecule has 3 heterocycles. The average molecular weight is 475 g/mol. The minimum atomic E-state index is -0.484. The topological polar surface area (TPSA) is 54.8 Å². The number of phenolic OH excluding ortho intramolecular Hbond substituents is 1. The maximum Gasteiger partial charge on any atom is 0.150 e. The van der Waals surface area contributed by atoms with Gasteiger partial charge < -0.3 is 14.6 Å². The van der Waals surface area contributed by atoms with Crippen LogP contribution in [0.3, 0.4) is 0 Å². The van der Waals surface area contributed by atoms with Crippen molar-refractivity contribution in [3.8, 4) is 28.4 Å². The Bertz CT molecular complexity index is 1390. The number of hydrogen-bond acceptors (Lipinski definition) is 5. The molecule has 2 aliphatic rings. The zero-order valence-electron chi connectivity index (χ0n) is 19.0. The summed E-state index contributed by atoms with van der Waals surface area (Å²) in [7, 11) is 0. The second-order valence-electron chi connectivity index (χ2n) is 9.12. The molecular weight excluding hydrogens is 450 g/mol. The van der Waals surface area contributed by atoms with E-state index in [-0.39, 0.29) is 24.2 Å². The van der Waals surface area contributed by atoms with Crippen LogP contribution >= 0.6 is 0 Å². The van der Waals surface area contributed by atoms with Crippen molar-refractivity contribution >= 4 is 10.9 Å². The van der Waals surface area contributed by atoms with Gasteiger partial charge in [-0.15, -0.1) is 0 Å². The van der Waals surface area contributed by atoms with Crippen LogP contribution in [0.25, 0.3) is 22.0 Å². The second kappa shape index (κ2) is 8.82. The van der Waals surface area contributed by atoms with Gasteiger partial charge in [0.2, 0.25) is 0 Å². The number of hydrogen-bond donors (Lipinski definition) is 1. The number of aromatic nitrogens is 1. The Morgan fingerprint density at radius 1 is 1.03 bits per heavy atom. The number of nitrogens with zero attached hydrogens (tertiary/aromatic N) is 2. The van der Waals surface area contributed by atoms with E-state index < -0.39 is 6.10 Å². The Morgan fingerprint density at radius 2 is 1.86 bits per heavy atom. The van der Waals surface area contributed by atoms with Crippen LogP contribution in [0.15, 0.2) is 66.9 Å². The second-order valence-corrected chi connectivity index (χ2v) is 9.12. The Hall–Kier alpha value is -3.71. The van der Waals surface area contributed by atoms with Crippen molar-refractivity contribution in [3.63, 3.8) is 0 Å². The summed E-state index contributed by atoms with van der Waals surface area (Å²) in [5.74, 6) is 1.14. The number of pyridine rings is 1. The lowest BCUT2D eigenvalue weighted by molar-refractivity contribution is 0.0668. The molecule has 0 aliphatic carbocycles. The summed E-state index contributed by atoms with van der Waals surface area (Å²) >= 11 is 0. The maximum absolute atomic E-state index is 14.0. The SMILES string of the molecule is Oc1ccc2c3c(cnc2c1)-c1ccc(F)cc1O[C@H]3c1ccc(OCCN2CC(CF)C2)cc1. The monoisotopic (exact) mass is 474 g/mol. The molecule has 178 valence electrons. The highest BCUT2D eigenvalue weighted by Crippen LogP contribution is 2.47. The number of benzene rings is 3. The molecule has 1 saturated heterocycles. The third kappa shape index (κ3) is 4.06. The molecule has 1 aromatic heterocycles. The van der Waals surface area contributed by atoms with E-state index in [4.69, 9.17) is 9.47 Å². The van der Waals surface area contributed by atoms with Crippen molar-refractivity contribution in [2.45, 2.75) is 6.10 Å². The number of alkyl halides is 1. The minimum Gasteiger partial charge on any atom is -0.508 e. The smallest absolute Gasteiger partial charge is 0.150 e. The number of likely N-dealkylation sites (tertiary alicyclic amines) is 1. The Morgan fingerprint density at radius 3 is 2.66 bits per heavy atom. The number of ether oxygens (including phenoxy) is 2. The number of rotatable bonds is 6. The highest BCUT2D eigenvalue weighted by atomic mass is 19.1. The first kappa shape index (κ1) is 21.8.